The third-order valence-electron chi connectivity index (χ3n) is 4.71. The molecule has 1 N–H and O–H groups in total. The van der Waals surface area contributed by atoms with Crippen LogP contribution in [-0.2, 0) is 0 Å². The van der Waals surface area contributed by atoms with Gasteiger partial charge in [0.05, 0.1) is 5.60 Å². The van der Waals surface area contributed by atoms with Gasteiger partial charge < -0.3 is 5.11 Å². The van der Waals surface area contributed by atoms with E-state index in [-0.39, 0.29) is 5.60 Å². The topological polar surface area (TPSA) is 20.2 Å². The van der Waals surface area contributed by atoms with Gasteiger partial charge in [-0.15, -0.1) is 0 Å². The average Bonchev–Trinajstić information content (AvgIpc) is 2.00. The molecule has 0 unspecified atom stereocenters. The lowest BCUT2D eigenvalue weighted by atomic mass is 9.53. The summed E-state index contributed by atoms with van der Waals surface area (Å²) in [6.45, 7) is 6.99. The highest BCUT2D eigenvalue weighted by atomic mass is 16.3. The second kappa shape index (κ2) is 3.23. The Kier molecular flexibility index (Phi) is 2.42. The van der Waals surface area contributed by atoms with E-state index in [4.69, 9.17) is 0 Å². The Balaban J connectivity index is 2.24. The summed E-state index contributed by atoms with van der Waals surface area (Å²) in [4.78, 5) is 0. The normalized spacial score (nSPS) is 48.2. The number of hydrogen-bond donors (Lipinski definition) is 1. The van der Waals surface area contributed by atoms with Crippen LogP contribution in [0.2, 0.25) is 0 Å². The molecular formula is C13H24O. The molecule has 1 heteroatoms. The minimum Gasteiger partial charge on any atom is -0.390 e. The number of rotatable bonds is 1. The van der Waals surface area contributed by atoms with Crippen LogP contribution in [0.4, 0.5) is 0 Å². The largest absolute Gasteiger partial charge is 0.390 e. The molecule has 0 heterocycles. The highest BCUT2D eigenvalue weighted by Gasteiger charge is 2.50. The van der Waals surface area contributed by atoms with E-state index in [0.29, 0.717) is 5.41 Å². The summed E-state index contributed by atoms with van der Waals surface area (Å²) in [6.07, 6.45) is 7.08. The van der Waals surface area contributed by atoms with E-state index < -0.39 is 0 Å². The maximum atomic E-state index is 10.5. The van der Waals surface area contributed by atoms with Gasteiger partial charge in [-0.25, -0.2) is 0 Å². The van der Waals surface area contributed by atoms with Crippen LogP contribution in [-0.4, -0.2) is 10.7 Å². The molecule has 1 nitrogen and oxygen atoms in total. The van der Waals surface area contributed by atoms with Gasteiger partial charge in [0, 0.05) is 0 Å². The molecule has 0 saturated heterocycles. The molecule has 2 aliphatic rings. The lowest BCUT2D eigenvalue weighted by Crippen LogP contribution is -2.49. The van der Waals surface area contributed by atoms with Gasteiger partial charge in [-0.05, 0) is 49.4 Å². The first-order valence-electron chi connectivity index (χ1n) is 6.18. The molecule has 14 heavy (non-hydrogen) atoms. The summed E-state index contributed by atoms with van der Waals surface area (Å²) >= 11 is 0. The zero-order valence-corrected chi connectivity index (χ0v) is 9.84. The van der Waals surface area contributed by atoms with Crippen LogP contribution in [0.1, 0.15) is 59.3 Å². The minimum atomic E-state index is -0.305. The van der Waals surface area contributed by atoms with Gasteiger partial charge in [0.15, 0.2) is 0 Å². The fraction of sp³-hybridized carbons (Fsp3) is 1.00. The van der Waals surface area contributed by atoms with E-state index in [1.807, 2.05) is 0 Å². The van der Waals surface area contributed by atoms with Gasteiger partial charge in [-0.1, -0.05) is 27.2 Å². The Bertz CT molecular complexity index is 223. The molecule has 0 aromatic heterocycles. The number of aliphatic hydroxyl groups is 1. The van der Waals surface area contributed by atoms with Gasteiger partial charge in [-0.3, -0.25) is 0 Å². The van der Waals surface area contributed by atoms with Crippen molar-refractivity contribution in [2.45, 2.75) is 64.9 Å². The SMILES string of the molecule is CC(C)[C@]12CCC[C@](O)(C[C@H](C)C1)C2. The zero-order valence-electron chi connectivity index (χ0n) is 9.84. The first-order chi connectivity index (χ1) is 6.46. The second-order valence-corrected chi connectivity index (χ2v) is 6.29. The maximum Gasteiger partial charge on any atom is 0.0655 e. The molecule has 2 rings (SSSR count). The molecule has 0 aliphatic heterocycles. The molecule has 2 saturated carbocycles. The van der Waals surface area contributed by atoms with Crippen molar-refractivity contribution in [2.75, 3.05) is 0 Å². The van der Waals surface area contributed by atoms with Crippen molar-refractivity contribution in [3.63, 3.8) is 0 Å². The third-order valence-corrected chi connectivity index (χ3v) is 4.71. The van der Waals surface area contributed by atoms with Gasteiger partial charge in [-0.2, -0.15) is 0 Å². The predicted molar refractivity (Wildman–Crippen MR) is 59.1 cm³/mol. The summed E-state index contributed by atoms with van der Waals surface area (Å²) in [6, 6.07) is 0. The monoisotopic (exact) mass is 196 g/mol. The highest BCUT2D eigenvalue weighted by molar-refractivity contribution is 5.01. The van der Waals surface area contributed by atoms with Crippen molar-refractivity contribution in [3.05, 3.63) is 0 Å². The van der Waals surface area contributed by atoms with E-state index in [2.05, 4.69) is 20.8 Å². The number of fused-ring (bicyclic) bond motifs is 2. The van der Waals surface area contributed by atoms with Crippen LogP contribution in [0.3, 0.4) is 0 Å². The van der Waals surface area contributed by atoms with Crippen LogP contribution >= 0.6 is 0 Å². The fourth-order valence-electron chi connectivity index (χ4n) is 4.09. The first-order valence-corrected chi connectivity index (χ1v) is 6.18. The third kappa shape index (κ3) is 1.60. The van der Waals surface area contributed by atoms with Gasteiger partial charge in [0.25, 0.3) is 0 Å². The Morgan fingerprint density at radius 2 is 1.93 bits per heavy atom. The molecule has 0 spiro atoms. The van der Waals surface area contributed by atoms with Crippen LogP contribution in [0, 0.1) is 17.3 Å². The molecule has 3 atom stereocenters. The summed E-state index contributed by atoms with van der Waals surface area (Å²) in [5.74, 6) is 1.45. The fourth-order valence-corrected chi connectivity index (χ4v) is 4.09. The van der Waals surface area contributed by atoms with Gasteiger partial charge >= 0.3 is 0 Å². The molecular weight excluding hydrogens is 172 g/mol. The minimum absolute atomic E-state index is 0.305. The van der Waals surface area contributed by atoms with Gasteiger partial charge in [0.1, 0.15) is 0 Å². The quantitative estimate of drug-likeness (QED) is 0.682. The summed E-state index contributed by atoms with van der Waals surface area (Å²) in [5, 5.41) is 10.5. The van der Waals surface area contributed by atoms with E-state index in [1.54, 1.807) is 0 Å². The van der Waals surface area contributed by atoms with Crippen molar-refractivity contribution in [1.29, 1.82) is 0 Å². The Labute approximate surface area is 87.9 Å². The molecule has 0 aromatic rings. The van der Waals surface area contributed by atoms with Crippen LogP contribution in [0.25, 0.3) is 0 Å². The van der Waals surface area contributed by atoms with Crippen molar-refractivity contribution in [1.82, 2.24) is 0 Å². The molecule has 0 amide bonds. The Morgan fingerprint density at radius 3 is 2.57 bits per heavy atom. The Morgan fingerprint density at radius 1 is 1.21 bits per heavy atom. The van der Waals surface area contributed by atoms with Crippen molar-refractivity contribution in [2.24, 2.45) is 17.3 Å². The van der Waals surface area contributed by atoms with Crippen LogP contribution < -0.4 is 0 Å². The standard InChI is InChI=1S/C13H24O/c1-10(2)12-5-4-6-13(14,9-12)8-11(3)7-12/h10-11,14H,4-9H2,1-3H3/t11-,12-,13+/m1/s1. The van der Waals surface area contributed by atoms with E-state index in [1.165, 1.54) is 19.3 Å². The molecule has 2 fully saturated rings. The average molecular weight is 196 g/mol. The van der Waals surface area contributed by atoms with Gasteiger partial charge in [0.2, 0.25) is 0 Å². The zero-order chi connectivity index (χ0) is 10.4. The summed E-state index contributed by atoms with van der Waals surface area (Å²) in [7, 11) is 0. The maximum absolute atomic E-state index is 10.5. The summed E-state index contributed by atoms with van der Waals surface area (Å²) < 4.78 is 0. The van der Waals surface area contributed by atoms with Crippen molar-refractivity contribution in [3.8, 4) is 0 Å². The number of hydrogen-bond acceptors (Lipinski definition) is 1. The van der Waals surface area contributed by atoms with Crippen LogP contribution in [0.15, 0.2) is 0 Å². The van der Waals surface area contributed by atoms with E-state index in [0.717, 1.165) is 31.1 Å². The predicted octanol–water partition coefficient (Wildman–Crippen LogP) is 3.36. The molecule has 82 valence electrons. The smallest absolute Gasteiger partial charge is 0.0655 e. The van der Waals surface area contributed by atoms with E-state index >= 15 is 0 Å². The second-order valence-electron chi connectivity index (χ2n) is 6.29. The molecule has 0 aromatic carbocycles. The van der Waals surface area contributed by atoms with E-state index in [9.17, 15) is 5.11 Å². The van der Waals surface area contributed by atoms with Crippen molar-refractivity contribution >= 4 is 0 Å². The lowest BCUT2D eigenvalue weighted by Gasteiger charge is -2.54. The highest BCUT2D eigenvalue weighted by Crippen LogP contribution is 2.56. The summed E-state index contributed by atoms with van der Waals surface area (Å²) in [5.41, 5.74) is 0.158. The first kappa shape index (κ1) is 10.5. The lowest BCUT2D eigenvalue weighted by molar-refractivity contribution is -0.120. The molecule has 0 radical (unpaired) electrons. The van der Waals surface area contributed by atoms with Crippen molar-refractivity contribution < 1.29 is 5.11 Å². The Hall–Kier alpha value is -0.0400. The van der Waals surface area contributed by atoms with Crippen LogP contribution in [0.5, 0.6) is 0 Å². The molecule has 2 aliphatic carbocycles. The molecule has 2 bridgehead atoms.